The van der Waals surface area contributed by atoms with Gasteiger partial charge in [-0.1, -0.05) is 0 Å². The molecular formula is C19H22ClFN6O. The number of hydrogen-bond acceptors (Lipinski definition) is 4. The fraction of sp³-hybridized carbons (Fsp3) is 0.316. The van der Waals surface area contributed by atoms with Gasteiger partial charge in [0.25, 0.3) is 5.91 Å². The van der Waals surface area contributed by atoms with Gasteiger partial charge in [0.2, 0.25) is 0 Å². The van der Waals surface area contributed by atoms with Crippen molar-refractivity contribution in [3.8, 4) is 5.69 Å². The zero-order valence-corrected chi connectivity index (χ0v) is 16.2. The Labute approximate surface area is 168 Å². The molecule has 4 rings (SSSR count). The lowest BCUT2D eigenvalue weighted by molar-refractivity contribution is 0.102. The first-order valence-electron chi connectivity index (χ1n) is 9.00. The quantitative estimate of drug-likeness (QED) is 0.700. The number of hydrogen-bond donors (Lipinski definition) is 2. The number of nitrogens with zero attached hydrogens (tertiary/aromatic N) is 4. The number of benzene rings is 1. The minimum Gasteiger partial charge on any atom is -0.315 e. The number of aryl methyl sites for hydroxylation is 1. The first-order chi connectivity index (χ1) is 13.1. The third-order valence-electron chi connectivity index (χ3n) is 4.63. The Hall–Kier alpha value is -2.71. The lowest BCUT2D eigenvalue weighted by Gasteiger charge is -2.22. The van der Waals surface area contributed by atoms with Crippen LogP contribution in [0.2, 0.25) is 0 Å². The summed E-state index contributed by atoms with van der Waals surface area (Å²) in [5, 5.41) is 15.0. The van der Waals surface area contributed by atoms with Crippen molar-refractivity contribution in [3.05, 3.63) is 59.8 Å². The molecule has 7 nitrogen and oxygen atoms in total. The van der Waals surface area contributed by atoms with Crippen molar-refractivity contribution >= 4 is 24.1 Å². The van der Waals surface area contributed by atoms with Gasteiger partial charge in [-0.05, 0) is 56.6 Å². The Morgan fingerprint density at radius 3 is 2.75 bits per heavy atom. The molecule has 1 atom stereocenters. The molecule has 3 aromatic rings. The maximum Gasteiger partial charge on any atom is 0.277 e. The van der Waals surface area contributed by atoms with Crippen LogP contribution < -0.4 is 10.6 Å². The van der Waals surface area contributed by atoms with Crippen LogP contribution in [0, 0.1) is 12.7 Å². The van der Waals surface area contributed by atoms with Crippen molar-refractivity contribution < 1.29 is 9.18 Å². The molecule has 2 aromatic heterocycles. The second-order valence-electron chi connectivity index (χ2n) is 6.69. The van der Waals surface area contributed by atoms with Gasteiger partial charge in [-0.3, -0.25) is 9.48 Å². The zero-order chi connectivity index (χ0) is 18.8. The van der Waals surface area contributed by atoms with E-state index in [1.54, 1.807) is 28.9 Å². The number of rotatable bonds is 4. The number of nitrogens with one attached hydrogen (secondary N) is 2. The van der Waals surface area contributed by atoms with Crippen LogP contribution in [0.5, 0.6) is 0 Å². The first-order valence-corrected chi connectivity index (χ1v) is 9.00. The van der Waals surface area contributed by atoms with Crippen LogP contribution in [0.4, 0.5) is 10.2 Å². The molecule has 1 saturated heterocycles. The number of amides is 1. The highest BCUT2D eigenvalue weighted by atomic mass is 35.5. The van der Waals surface area contributed by atoms with E-state index < -0.39 is 0 Å². The summed E-state index contributed by atoms with van der Waals surface area (Å²) in [4.78, 5) is 12.7. The third-order valence-corrected chi connectivity index (χ3v) is 4.63. The van der Waals surface area contributed by atoms with E-state index in [1.165, 1.54) is 12.1 Å². The predicted molar refractivity (Wildman–Crippen MR) is 107 cm³/mol. The lowest BCUT2D eigenvalue weighted by Crippen LogP contribution is -2.32. The highest BCUT2D eigenvalue weighted by molar-refractivity contribution is 6.02. The molecule has 0 saturated carbocycles. The van der Waals surface area contributed by atoms with E-state index in [2.05, 4.69) is 20.8 Å². The van der Waals surface area contributed by atoms with Crippen LogP contribution >= 0.6 is 12.4 Å². The molecule has 28 heavy (non-hydrogen) atoms. The Kier molecular flexibility index (Phi) is 6.11. The Morgan fingerprint density at radius 1 is 1.25 bits per heavy atom. The number of halogens is 2. The molecule has 1 aliphatic rings. The normalized spacial score (nSPS) is 16.4. The van der Waals surface area contributed by atoms with Crippen LogP contribution in [0.15, 0.2) is 42.6 Å². The third kappa shape index (κ3) is 4.23. The summed E-state index contributed by atoms with van der Waals surface area (Å²) < 4.78 is 16.6. The molecule has 1 amide bonds. The minimum atomic E-state index is -0.323. The molecule has 3 heterocycles. The summed E-state index contributed by atoms with van der Waals surface area (Å²) in [6.07, 6.45) is 3.99. The van der Waals surface area contributed by atoms with Gasteiger partial charge in [0.1, 0.15) is 11.6 Å². The van der Waals surface area contributed by atoms with Crippen LogP contribution in [-0.2, 0) is 0 Å². The molecule has 2 N–H and O–H groups in total. The van der Waals surface area contributed by atoms with Gasteiger partial charge >= 0.3 is 0 Å². The summed E-state index contributed by atoms with van der Waals surface area (Å²) >= 11 is 0. The number of piperidine rings is 1. The van der Waals surface area contributed by atoms with Gasteiger partial charge in [-0.25, -0.2) is 9.07 Å². The fourth-order valence-corrected chi connectivity index (χ4v) is 3.27. The van der Waals surface area contributed by atoms with Gasteiger partial charge in [0.05, 0.1) is 17.4 Å². The van der Waals surface area contributed by atoms with Gasteiger partial charge in [-0.2, -0.15) is 10.2 Å². The second kappa shape index (κ2) is 8.53. The molecule has 148 valence electrons. The van der Waals surface area contributed by atoms with Crippen molar-refractivity contribution in [2.75, 3.05) is 18.4 Å². The lowest BCUT2D eigenvalue weighted by atomic mass is 10.1. The molecule has 1 aromatic carbocycles. The van der Waals surface area contributed by atoms with Gasteiger partial charge < -0.3 is 10.6 Å². The van der Waals surface area contributed by atoms with E-state index in [-0.39, 0.29) is 30.2 Å². The monoisotopic (exact) mass is 404 g/mol. The highest BCUT2D eigenvalue weighted by Gasteiger charge is 2.19. The van der Waals surface area contributed by atoms with E-state index in [4.69, 9.17) is 0 Å². The number of aromatic nitrogens is 4. The van der Waals surface area contributed by atoms with Crippen LogP contribution in [0.1, 0.15) is 35.1 Å². The summed E-state index contributed by atoms with van der Waals surface area (Å²) in [6, 6.07) is 9.70. The summed E-state index contributed by atoms with van der Waals surface area (Å²) in [6.45, 7) is 3.72. The molecule has 0 aliphatic carbocycles. The molecule has 0 spiro atoms. The number of carbonyl (C=O) groups excluding carboxylic acids is 1. The summed E-state index contributed by atoms with van der Waals surface area (Å²) in [5.74, 6) is -0.116. The molecule has 1 unspecified atom stereocenters. The minimum absolute atomic E-state index is 0. The van der Waals surface area contributed by atoms with Crippen molar-refractivity contribution in [2.24, 2.45) is 0 Å². The van der Waals surface area contributed by atoms with Crippen molar-refractivity contribution in [1.82, 2.24) is 24.9 Å². The largest absolute Gasteiger partial charge is 0.315 e. The predicted octanol–water partition coefficient (Wildman–Crippen LogP) is 3.11. The van der Waals surface area contributed by atoms with Crippen LogP contribution in [0.25, 0.3) is 5.69 Å². The average molecular weight is 405 g/mol. The van der Waals surface area contributed by atoms with E-state index in [9.17, 15) is 9.18 Å². The Bertz CT molecular complexity index is 946. The molecule has 9 heteroatoms. The van der Waals surface area contributed by atoms with Gasteiger partial charge in [0.15, 0.2) is 5.69 Å². The second-order valence-corrected chi connectivity index (χ2v) is 6.69. The number of carbonyl (C=O) groups is 1. The highest BCUT2D eigenvalue weighted by Crippen LogP contribution is 2.19. The zero-order valence-electron chi connectivity index (χ0n) is 15.4. The van der Waals surface area contributed by atoms with Crippen molar-refractivity contribution in [3.63, 3.8) is 0 Å². The number of anilines is 1. The van der Waals surface area contributed by atoms with Crippen LogP contribution in [0.3, 0.4) is 0 Å². The van der Waals surface area contributed by atoms with E-state index in [0.29, 0.717) is 17.2 Å². The van der Waals surface area contributed by atoms with Crippen LogP contribution in [-0.4, -0.2) is 38.6 Å². The average Bonchev–Trinajstić information content (AvgIpc) is 3.30. The maximum atomic E-state index is 13.2. The Balaban J connectivity index is 0.00000225. The van der Waals surface area contributed by atoms with Crippen molar-refractivity contribution in [1.29, 1.82) is 0 Å². The van der Waals surface area contributed by atoms with E-state index in [0.717, 1.165) is 31.6 Å². The maximum absolute atomic E-state index is 13.2. The molecule has 0 radical (unpaired) electrons. The van der Waals surface area contributed by atoms with Gasteiger partial charge in [-0.15, -0.1) is 12.4 Å². The smallest absolute Gasteiger partial charge is 0.277 e. The molecule has 1 aliphatic heterocycles. The van der Waals surface area contributed by atoms with Crippen molar-refractivity contribution in [2.45, 2.75) is 25.8 Å². The SMILES string of the molecule is Cc1cc(NC(=O)c2ccn(C3CCCNC3)n2)n(-c2ccc(F)cc2)n1.Cl. The van der Waals surface area contributed by atoms with E-state index in [1.807, 2.05) is 17.8 Å². The first kappa shape index (κ1) is 20.0. The fourth-order valence-electron chi connectivity index (χ4n) is 3.27. The summed E-state index contributed by atoms with van der Waals surface area (Å²) in [7, 11) is 0. The molecule has 1 fully saturated rings. The standard InChI is InChI=1S/C19H21FN6O.ClH/c1-13-11-18(26(23-13)15-6-4-14(20)5-7-15)22-19(27)17-8-10-25(24-17)16-3-2-9-21-12-16;/h4-8,10-11,16,21H,2-3,9,12H2,1H3,(H,22,27);1H. The Morgan fingerprint density at radius 2 is 2.04 bits per heavy atom. The molecule has 0 bridgehead atoms. The van der Waals surface area contributed by atoms with E-state index >= 15 is 0 Å². The topological polar surface area (TPSA) is 76.8 Å². The van der Waals surface area contributed by atoms with Gasteiger partial charge in [0, 0.05) is 18.8 Å². The summed E-state index contributed by atoms with van der Waals surface area (Å²) in [5.41, 5.74) is 1.76. The molecular weight excluding hydrogens is 383 g/mol.